The second-order valence-electron chi connectivity index (χ2n) is 3.26. The topological polar surface area (TPSA) is 86.6 Å². The lowest BCUT2D eigenvalue weighted by Gasteiger charge is -2.13. The van der Waals surface area contributed by atoms with Gasteiger partial charge in [0.25, 0.3) is 0 Å². The summed E-state index contributed by atoms with van der Waals surface area (Å²) in [6.07, 6.45) is -0.672. The fourth-order valence-electron chi connectivity index (χ4n) is 1.16. The van der Waals surface area contributed by atoms with Crippen molar-refractivity contribution in [2.24, 2.45) is 0 Å². The summed E-state index contributed by atoms with van der Waals surface area (Å²) in [5.74, 6) is -4.92. The van der Waals surface area contributed by atoms with Gasteiger partial charge in [-0.1, -0.05) is 0 Å². The number of benzene rings is 1. The maximum absolute atomic E-state index is 12.8. The van der Waals surface area contributed by atoms with E-state index in [0.717, 1.165) is 18.2 Å². The third-order valence-corrected chi connectivity index (χ3v) is 1.94. The van der Waals surface area contributed by atoms with Gasteiger partial charge in [0.15, 0.2) is 11.6 Å². The predicted octanol–water partition coefficient (Wildman–Crippen LogP) is 1.30. The van der Waals surface area contributed by atoms with Gasteiger partial charge in [0.05, 0.1) is 6.42 Å². The first-order valence-electron chi connectivity index (χ1n) is 4.56. The highest BCUT2D eigenvalue weighted by atomic mass is 19.2. The summed E-state index contributed by atoms with van der Waals surface area (Å²) in [5.41, 5.74) is -0.00227. The second-order valence-corrected chi connectivity index (χ2v) is 3.26. The molecule has 0 radical (unpaired) electrons. The number of nitrogens with one attached hydrogen (secondary N) is 1. The summed E-state index contributed by atoms with van der Waals surface area (Å²) in [5, 5.41) is 19.5. The van der Waals surface area contributed by atoms with Crippen LogP contribution in [0.15, 0.2) is 18.2 Å². The van der Waals surface area contributed by atoms with Crippen molar-refractivity contribution in [1.82, 2.24) is 0 Å². The molecule has 17 heavy (non-hydrogen) atoms. The molecule has 0 aliphatic heterocycles. The van der Waals surface area contributed by atoms with Crippen molar-refractivity contribution in [3.8, 4) is 0 Å². The molecular formula is C10H9F2NO4. The number of hydrogen-bond donors (Lipinski definition) is 3. The molecule has 7 heteroatoms. The summed E-state index contributed by atoms with van der Waals surface area (Å²) in [6, 6.07) is 1.29. The number of carbonyl (C=O) groups is 2. The smallest absolute Gasteiger partial charge is 0.326 e. The minimum Gasteiger partial charge on any atom is -0.481 e. The van der Waals surface area contributed by atoms with Gasteiger partial charge in [-0.2, -0.15) is 0 Å². The Balaban J connectivity index is 2.82. The van der Waals surface area contributed by atoms with Gasteiger partial charge in [0, 0.05) is 11.8 Å². The molecule has 0 heterocycles. The van der Waals surface area contributed by atoms with E-state index in [-0.39, 0.29) is 5.69 Å². The number of carboxylic acids is 2. The number of aliphatic carboxylic acids is 2. The average Bonchev–Trinajstić information content (AvgIpc) is 2.21. The fraction of sp³-hybridized carbons (Fsp3) is 0.200. The first kappa shape index (κ1) is 12.9. The van der Waals surface area contributed by atoms with E-state index in [0.29, 0.717) is 0 Å². The van der Waals surface area contributed by atoms with Crippen LogP contribution in [0, 0.1) is 11.6 Å². The van der Waals surface area contributed by atoms with Gasteiger partial charge >= 0.3 is 11.9 Å². The van der Waals surface area contributed by atoms with Crippen LogP contribution in [0.2, 0.25) is 0 Å². The van der Waals surface area contributed by atoms with Crippen LogP contribution in [0.4, 0.5) is 14.5 Å². The van der Waals surface area contributed by atoms with Crippen molar-refractivity contribution in [2.45, 2.75) is 12.5 Å². The van der Waals surface area contributed by atoms with Crippen LogP contribution < -0.4 is 5.32 Å². The Morgan fingerprint density at radius 1 is 1.24 bits per heavy atom. The van der Waals surface area contributed by atoms with E-state index in [9.17, 15) is 18.4 Å². The third-order valence-electron chi connectivity index (χ3n) is 1.94. The Bertz CT molecular complexity index is 450. The first-order valence-corrected chi connectivity index (χ1v) is 4.56. The molecule has 0 bridgehead atoms. The Kier molecular flexibility index (Phi) is 3.97. The van der Waals surface area contributed by atoms with Gasteiger partial charge in [-0.15, -0.1) is 0 Å². The molecule has 1 aromatic carbocycles. The van der Waals surface area contributed by atoms with E-state index in [2.05, 4.69) is 5.32 Å². The van der Waals surface area contributed by atoms with Crippen LogP contribution in [0.1, 0.15) is 6.42 Å². The van der Waals surface area contributed by atoms with Gasteiger partial charge in [-0.25, -0.2) is 13.6 Å². The summed E-state index contributed by atoms with van der Waals surface area (Å²) in [4.78, 5) is 21.1. The zero-order chi connectivity index (χ0) is 13.0. The molecule has 5 nitrogen and oxygen atoms in total. The number of halogens is 2. The molecule has 92 valence electrons. The largest absolute Gasteiger partial charge is 0.481 e. The lowest BCUT2D eigenvalue weighted by Crippen LogP contribution is -2.31. The molecule has 0 aromatic heterocycles. The van der Waals surface area contributed by atoms with E-state index >= 15 is 0 Å². The van der Waals surface area contributed by atoms with Gasteiger partial charge in [0.1, 0.15) is 6.04 Å². The van der Waals surface area contributed by atoms with Crippen LogP contribution in [-0.4, -0.2) is 28.2 Å². The summed E-state index contributed by atoms with van der Waals surface area (Å²) in [7, 11) is 0. The standard InChI is InChI=1S/C10H9F2NO4/c11-6-2-1-5(3-7(6)12)13-8(10(16)17)4-9(14)15/h1-3,8,13H,4H2,(H,14,15)(H,16,17). The molecule has 0 saturated carbocycles. The highest BCUT2D eigenvalue weighted by Gasteiger charge is 2.21. The van der Waals surface area contributed by atoms with Crippen LogP contribution in [-0.2, 0) is 9.59 Å². The van der Waals surface area contributed by atoms with E-state index in [1.807, 2.05) is 0 Å². The van der Waals surface area contributed by atoms with Crippen LogP contribution >= 0.6 is 0 Å². The Labute approximate surface area is 94.7 Å². The maximum Gasteiger partial charge on any atom is 0.326 e. The van der Waals surface area contributed by atoms with E-state index < -0.39 is 36.0 Å². The van der Waals surface area contributed by atoms with Crippen LogP contribution in [0.3, 0.4) is 0 Å². The van der Waals surface area contributed by atoms with Crippen molar-refractivity contribution in [1.29, 1.82) is 0 Å². The summed E-state index contributed by atoms with van der Waals surface area (Å²) < 4.78 is 25.4. The van der Waals surface area contributed by atoms with Crippen LogP contribution in [0.5, 0.6) is 0 Å². The lowest BCUT2D eigenvalue weighted by atomic mass is 10.2. The molecule has 1 aromatic rings. The number of carboxylic acid groups (broad SMARTS) is 2. The van der Waals surface area contributed by atoms with Crippen molar-refractivity contribution < 1.29 is 28.6 Å². The van der Waals surface area contributed by atoms with Gasteiger partial charge in [0.2, 0.25) is 0 Å². The average molecular weight is 245 g/mol. The normalized spacial score (nSPS) is 11.9. The number of anilines is 1. The third kappa shape index (κ3) is 3.71. The highest BCUT2D eigenvalue weighted by molar-refractivity contribution is 5.83. The molecule has 0 aliphatic carbocycles. The van der Waals surface area contributed by atoms with Crippen molar-refractivity contribution in [3.63, 3.8) is 0 Å². The molecule has 3 N–H and O–H groups in total. The zero-order valence-corrected chi connectivity index (χ0v) is 8.48. The van der Waals surface area contributed by atoms with E-state index in [1.165, 1.54) is 0 Å². The van der Waals surface area contributed by atoms with Gasteiger partial charge < -0.3 is 15.5 Å². The minimum atomic E-state index is -1.41. The zero-order valence-electron chi connectivity index (χ0n) is 8.48. The van der Waals surface area contributed by atoms with Crippen molar-refractivity contribution in [2.75, 3.05) is 5.32 Å². The highest BCUT2D eigenvalue weighted by Crippen LogP contribution is 2.15. The first-order chi connectivity index (χ1) is 7.90. The summed E-state index contributed by atoms with van der Waals surface area (Å²) >= 11 is 0. The molecule has 1 unspecified atom stereocenters. The Hall–Kier alpha value is -2.18. The Morgan fingerprint density at radius 3 is 2.35 bits per heavy atom. The van der Waals surface area contributed by atoms with Crippen molar-refractivity contribution in [3.05, 3.63) is 29.8 Å². The van der Waals surface area contributed by atoms with E-state index in [4.69, 9.17) is 10.2 Å². The molecule has 1 rings (SSSR count). The SMILES string of the molecule is O=C(O)CC(Nc1ccc(F)c(F)c1)C(=O)O. The fourth-order valence-corrected chi connectivity index (χ4v) is 1.16. The molecule has 0 amide bonds. The van der Waals surface area contributed by atoms with Crippen molar-refractivity contribution >= 4 is 17.6 Å². The van der Waals surface area contributed by atoms with Crippen LogP contribution in [0.25, 0.3) is 0 Å². The molecule has 0 aliphatic rings. The molecule has 1 atom stereocenters. The second kappa shape index (κ2) is 5.24. The number of rotatable bonds is 5. The predicted molar refractivity (Wildman–Crippen MR) is 53.7 cm³/mol. The van der Waals surface area contributed by atoms with Gasteiger partial charge in [-0.05, 0) is 12.1 Å². The lowest BCUT2D eigenvalue weighted by molar-refractivity contribution is -0.144. The molecule has 0 spiro atoms. The maximum atomic E-state index is 12.8. The minimum absolute atomic E-state index is 0.00227. The molecular weight excluding hydrogens is 236 g/mol. The summed E-state index contributed by atoms with van der Waals surface area (Å²) in [6.45, 7) is 0. The quantitative estimate of drug-likeness (QED) is 0.728. The molecule has 0 saturated heterocycles. The van der Waals surface area contributed by atoms with E-state index in [1.54, 1.807) is 0 Å². The number of hydrogen-bond acceptors (Lipinski definition) is 3. The monoisotopic (exact) mass is 245 g/mol. The van der Waals surface area contributed by atoms with Gasteiger partial charge in [-0.3, -0.25) is 4.79 Å². The Morgan fingerprint density at radius 2 is 1.88 bits per heavy atom. The molecule has 0 fully saturated rings.